The van der Waals surface area contributed by atoms with Gasteiger partial charge in [-0.2, -0.15) is 0 Å². The Morgan fingerprint density at radius 2 is 1.85 bits per heavy atom. The molecular weight excluding hydrogens is 266 g/mol. The van der Waals surface area contributed by atoms with Crippen molar-refractivity contribution in [3.63, 3.8) is 0 Å². The minimum Gasteiger partial charge on any atom is -0.481 e. The van der Waals surface area contributed by atoms with Crippen LogP contribution in [0.3, 0.4) is 0 Å². The number of rotatable bonds is 5. The van der Waals surface area contributed by atoms with Gasteiger partial charge in [-0.15, -0.1) is 0 Å². The van der Waals surface area contributed by atoms with Gasteiger partial charge < -0.3 is 15.7 Å². The first kappa shape index (κ1) is 15.9. The van der Waals surface area contributed by atoms with Crippen LogP contribution in [0.4, 0.5) is 4.79 Å². The molecule has 4 amide bonds. The number of carboxylic acid groups (broad SMARTS) is 1. The summed E-state index contributed by atoms with van der Waals surface area (Å²) in [5.74, 6) is -2.13. The molecule has 0 bridgehead atoms. The first-order valence-electron chi connectivity index (χ1n) is 6.11. The van der Waals surface area contributed by atoms with Gasteiger partial charge in [0, 0.05) is 0 Å². The molecule has 1 fully saturated rings. The highest BCUT2D eigenvalue weighted by Gasteiger charge is 2.45. The molecule has 1 heterocycles. The molecule has 0 radical (unpaired) electrons. The van der Waals surface area contributed by atoms with Crippen LogP contribution in [0.1, 0.15) is 27.7 Å². The summed E-state index contributed by atoms with van der Waals surface area (Å²) in [4.78, 5) is 46.6. The summed E-state index contributed by atoms with van der Waals surface area (Å²) < 4.78 is 0. The highest BCUT2D eigenvalue weighted by molar-refractivity contribution is 6.04. The third kappa shape index (κ3) is 2.89. The van der Waals surface area contributed by atoms with Gasteiger partial charge in [0.2, 0.25) is 5.91 Å². The molecule has 8 heteroatoms. The zero-order valence-corrected chi connectivity index (χ0v) is 11.9. The van der Waals surface area contributed by atoms with Crippen molar-refractivity contribution in [2.45, 2.75) is 33.2 Å². The van der Waals surface area contributed by atoms with E-state index in [0.717, 1.165) is 4.90 Å². The number of aliphatic carboxylic acids is 1. The van der Waals surface area contributed by atoms with E-state index in [-0.39, 0.29) is 6.54 Å². The lowest BCUT2D eigenvalue weighted by Crippen LogP contribution is -2.58. The lowest BCUT2D eigenvalue weighted by molar-refractivity contribution is -0.152. The average molecular weight is 285 g/mol. The Morgan fingerprint density at radius 3 is 2.25 bits per heavy atom. The smallest absolute Gasteiger partial charge is 0.325 e. The van der Waals surface area contributed by atoms with Crippen molar-refractivity contribution >= 4 is 23.8 Å². The Balaban J connectivity index is 2.73. The van der Waals surface area contributed by atoms with Crippen LogP contribution in [0.5, 0.6) is 0 Å². The highest BCUT2D eigenvalue weighted by Crippen LogP contribution is 2.30. The second-order valence-electron chi connectivity index (χ2n) is 5.74. The Hall–Kier alpha value is -2.12. The molecule has 0 unspecified atom stereocenters. The second kappa shape index (κ2) is 5.10. The zero-order chi connectivity index (χ0) is 15.7. The van der Waals surface area contributed by atoms with Gasteiger partial charge >= 0.3 is 12.0 Å². The summed E-state index contributed by atoms with van der Waals surface area (Å²) in [5.41, 5.74) is -2.25. The van der Waals surface area contributed by atoms with Gasteiger partial charge in [0.05, 0.1) is 17.5 Å². The second-order valence-corrected chi connectivity index (χ2v) is 5.74. The third-order valence-corrected chi connectivity index (χ3v) is 3.79. The summed E-state index contributed by atoms with van der Waals surface area (Å²) in [6.45, 7) is 5.57. The molecule has 0 aromatic carbocycles. The number of hydrogen-bond donors (Lipinski definition) is 3. The van der Waals surface area contributed by atoms with Gasteiger partial charge in [0.25, 0.3) is 5.91 Å². The molecule has 20 heavy (non-hydrogen) atoms. The SMILES string of the molecule is CC(C)(NC(=O)CN1C(=O)CNC1=O)C(C)(C)C(=O)O. The van der Waals surface area contributed by atoms with Crippen molar-refractivity contribution in [3.8, 4) is 0 Å². The van der Waals surface area contributed by atoms with Crippen LogP contribution in [-0.2, 0) is 14.4 Å². The number of urea groups is 1. The van der Waals surface area contributed by atoms with Gasteiger partial charge in [-0.25, -0.2) is 4.79 Å². The molecule has 0 aromatic rings. The maximum Gasteiger partial charge on any atom is 0.325 e. The molecule has 1 aliphatic rings. The van der Waals surface area contributed by atoms with E-state index in [2.05, 4.69) is 10.6 Å². The fourth-order valence-corrected chi connectivity index (χ4v) is 1.57. The molecular formula is C12H19N3O5. The van der Waals surface area contributed by atoms with E-state index in [0.29, 0.717) is 0 Å². The van der Waals surface area contributed by atoms with Crippen molar-refractivity contribution < 1.29 is 24.3 Å². The van der Waals surface area contributed by atoms with E-state index in [9.17, 15) is 24.3 Å². The molecule has 1 aliphatic heterocycles. The maximum atomic E-state index is 11.9. The van der Waals surface area contributed by atoms with Crippen molar-refractivity contribution in [2.24, 2.45) is 5.41 Å². The Bertz CT molecular complexity index is 454. The number of carbonyl (C=O) groups is 4. The Labute approximate surface area is 116 Å². The zero-order valence-electron chi connectivity index (χ0n) is 11.9. The van der Waals surface area contributed by atoms with Crippen molar-refractivity contribution in [1.82, 2.24) is 15.5 Å². The monoisotopic (exact) mass is 285 g/mol. The summed E-state index contributed by atoms with van der Waals surface area (Å²) in [6.07, 6.45) is 0. The largest absolute Gasteiger partial charge is 0.481 e. The highest BCUT2D eigenvalue weighted by atomic mass is 16.4. The first-order chi connectivity index (χ1) is 8.99. The molecule has 8 nitrogen and oxygen atoms in total. The summed E-state index contributed by atoms with van der Waals surface area (Å²) in [5, 5.41) is 14.0. The van der Waals surface area contributed by atoms with Crippen molar-refractivity contribution in [3.05, 3.63) is 0 Å². The Kier molecular flexibility index (Phi) is 4.07. The standard InChI is InChI=1S/C12H19N3O5/c1-11(2,9(18)19)12(3,4)14-7(16)6-15-8(17)5-13-10(15)20/h5-6H2,1-4H3,(H,13,20)(H,14,16)(H,18,19). The number of carbonyl (C=O) groups excluding carboxylic acids is 3. The Morgan fingerprint density at radius 1 is 1.30 bits per heavy atom. The van der Waals surface area contributed by atoms with Gasteiger partial charge in [0.15, 0.2) is 0 Å². The molecule has 0 spiro atoms. The predicted molar refractivity (Wildman–Crippen MR) is 68.8 cm³/mol. The third-order valence-electron chi connectivity index (χ3n) is 3.79. The molecule has 3 N–H and O–H groups in total. The average Bonchev–Trinajstić information content (AvgIpc) is 2.59. The predicted octanol–water partition coefficient (Wildman–Crippen LogP) is -0.456. The fourth-order valence-electron chi connectivity index (χ4n) is 1.57. The van der Waals surface area contributed by atoms with Gasteiger partial charge in [-0.1, -0.05) is 0 Å². The van der Waals surface area contributed by atoms with E-state index in [4.69, 9.17) is 0 Å². The minimum absolute atomic E-state index is 0.129. The van der Waals surface area contributed by atoms with E-state index in [1.807, 2.05) is 0 Å². The molecule has 0 aromatic heterocycles. The summed E-state index contributed by atoms with van der Waals surface area (Å²) >= 11 is 0. The molecule has 0 atom stereocenters. The normalized spacial score (nSPS) is 16.1. The van der Waals surface area contributed by atoms with Gasteiger partial charge in [0.1, 0.15) is 6.54 Å². The lowest BCUT2D eigenvalue weighted by atomic mass is 9.74. The minimum atomic E-state index is -1.21. The van der Waals surface area contributed by atoms with Crippen molar-refractivity contribution in [1.29, 1.82) is 0 Å². The molecule has 0 aliphatic carbocycles. The number of nitrogens with zero attached hydrogens (tertiary/aromatic N) is 1. The van der Waals surface area contributed by atoms with E-state index in [1.165, 1.54) is 13.8 Å². The molecule has 1 saturated heterocycles. The lowest BCUT2D eigenvalue weighted by Gasteiger charge is -2.39. The summed E-state index contributed by atoms with van der Waals surface area (Å²) in [7, 11) is 0. The van der Waals surface area contributed by atoms with E-state index in [1.54, 1.807) is 13.8 Å². The van der Waals surface area contributed by atoms with Crippen LogP contribution in [0.2, 0.25) is 0 Å². The maximum absolute atomic E-state index is 11.9. The number of amides is 4. The fraction of sp³-hybridized carbons (Fsp3) is 0.667. The van der Waals surface area contributed by atoms with Crippen molar-refractivity contribution in [2.75, 3.05) is 13.1 Å². The number of carboxylic acids is 1. The van der Waals surface area contributed by atoms with Crippen LogP contribution < -0.4 is 10.6 Å². The van der Waals surface area contributed by atoms with Gasteiger partial charge in [-0.05, 0) is 27.7 Å². The van der Waals surface area contributed by atoms with Crippen LogP contribution in [0, 0.1) is 5.41 Å². The topological polar surface area (TPSA) is 116 Å². The van der Waals surface area contributed by atoms with Crippen LogP contribution in [-0.4, -0.2) is 52.4 Å². The van der Waals surface area contributed by atoms with E-state index < -0.39 is 41.3 Å². The summed E-state index contributed by atoms with van der Waals surface area (Å²) in [6, 6.07) is -0.625. The number of imide groups is 1. The first-order valence-corrected chi connectivity index (χ1v) is 6.11. The van der Waals surface area contributed by atoms with Crippen LogP contribution in [0.25, 0.3) is 0 Å². The molecule has 0 saturated carbocycles. The van der Waals surface area contributed by atoms with Crippen LogP contribution >= 0.6 is 0 Å². The van der Waals surface area contributed by atoms with E-state index >= 15 is 0 Å². The molecule has 1 rings (SSSR count). The van der Waals surface area contributed by atoms with Gasteiger partial charge in [-0.3, -0.25) is 19.3 Å². The van der Waals surface area contributed by atoms with Crippen LogP contribution in [0.15, 0.2) is 0 Å². The number of nitrogens with one attached hydrogen (secondary N) is 2. The quantitative estimate of drug-likeness (QED) is 0.591. The molecule has 112 valence electrons. The number of hydrogen-bond acceptors (Lipinski definition) is 4.